The largest absolute Gasteiger partial charge is 0.490 e. The average molecular weight is 398 g/mol. The Balaban J connectivity index is 1.63. The van der Waals surface area contributed by atoms with E-state index in [1.54, 1.807) is 33.9 Å². The lowest BCUT2D eigenvalue weighted by Crippen LogP contribution is -2.11. The summed E-state index contributed by atoms with van der Waals surface area (Å²) in [5.41, 5.74) is 3.02. The molecule has 29 heavy (non-hydrogen) atoms. The molecule has 7 nitrogen and oxygen atoms in total. The second-order valence-electron chi connectivity index (χ2n) is 6.63. The molecule has 1 aromatic carbocycles. The molecule has 150 valence electrons. The summed E-state index contributed by atoms with van der Waals surface area (Å²) in [6.45, 7) is 1.16. The van der Waals surface area contributed by atoms with E-state index in [2.05, 4.69) is 20.5 Å². The second-order valence-corrected chi connectivity index (χ2v) is 6.63. The number of hydrogen-bond acceptors (Lipinski definition) is 5. The van der Waals surface area contributed by atoms with E-state index >= 15 is 0 Å². The van der Waals surface area contributed by atoms with E-state index in [9.17, 15) is 8.78 Å². The summed E-state index contributed by atoms with van der Waals surface area (Å²) in [5, 5.41) is 11.8. The van der Waals surface area contributed by atoms with Crippen molar-refractivity contribution in [3.05, 3.63) is 60.4 Å². The minimum atomic E-state index is -0.616. The number of halogens is 2. The summed E-state index contributed by atoms with van der Waals surface area (Å²) in [4.78, 5) is 4.66. The number of nitrogens with one attached hydrogen (secondary N) is 1. The molecule has 0 saturated heterocycles. The van der Waals surface area contributed by atoms with Gasteiger partial charge in [-0.3, -0.25) is 4.68 Å². The molecular weight excluding hydrogens is 378 g/mol. The number of fused-ring (bicyclic) bond motifs is 1. The highest BCUT2D eigenvalue weighted by molar-refractivity contribution is 5.76. The molecule has 9 heteroatoms. The number of aryl methyl sites for hydroxylation is 1. The van der Waals surface area contributed by atoms with Crippen molar-refractivity contribution in [2.45, 2.75) is 13.0 Å². The number of nitrogens with zero attached hydrogens (tertiary/aromatic N) is 5. The minimum Gasteiger partial charge on any atom is -0.490 e. The third-order valence-electron chi connectivity index (χ3n) is 4.52. The summed E-state index contributed by atoms with van der Waals surface area (Å²) in [7, 11) is 1.85. The van der Waals surface area contributed by atoms with E-state index in [1.165, 1.54) is 18.2 Å². The summed E-state index contributed by atoms with van der Waals surface area (Å²) in [6, 6.07) is 5.64. The number of benzene rings is 1. The maximum Gasteiger partial charge on any atom is 0.165 e. The zero-order chi connectivity index (χ0) is 20.4. The van der Waals surface area contributed by atoms with Gasteiger partial charge in [0.15, 0.2) is 5.65 Å². The fraction of sp³-hybridized carbons (Fsp3) is 0.250. The lowest BCUT2D eigenvalue weighted by molar-refractivity contribution is 0.270. The molecule has 0 bridgehead atoms. The van der Waals surface area contributed by atoms with Crippen molar-refractivity contribution in [1.82, 2.24) is 24.4 Å². The van der Waals surface area contributed by atoms with Gasteiger partial charge >= 0.3 is 0 Å². The van der Waals surface area contributed by atoms with Gasteiger partial charge in [-0.2, -0.15) is 10.2 Å². The number of hydrogen-bond donors (Lipinski definition) is 1. The van der Waals surface area contributed by atoms with Crippen molar-refractivity contribution in [2.75, 3.05) is 18.6 Å². The van der Waals surface area contributed by atoms with Crippen molar-refractivity contribution in [2.24, 2.45) is 7.05 Å². The molecule has 4 rings (SSSR count). The van der Waals surface area contributed by atoms with E-state index in [-0.39, 0.29) is 18.5 Å². The van der Waals surface area contributed by atoms with Crippen LogP contribution in [0.5, 0.6) is 5.75 Å². The van der Waals surface area contributed by atoms with Crippen LogP contribution in [0.3, 0.4) is 0 Å². The van der Waals surface area contributed by atoms with Crippen LogP contribution >= 0.6 is 0 Å². The van der Waals surface area contributed by atoms with E-state index in [1.807, 2.05) is 20.2 Å². The molecule has 4 aromatic rings. The lowest BCUT2D eigenvalue weighted by atomic mass is 10.1. The van der Waals surface area contributed by atoms with Crippen LogP contribution in [0.4, 0.5) is 14.6 Å². The van der Waals surface area contributed by atoms with Gasteiger partial charge in [0.1, 0.15) is 30.7 Å². The van der Waals surface area contributed by atoms with Gasteiger partial charge in [-0.1, -0.05) is 0 Å². The Labute approximate surface area is 165 Å². The zero-order valence-electron chi connectivity index (χ0n) is 16.0. The summed E-state index contributed by atoms with van der Waals surface area (Å²) >= 11 is 0. The predicted octanol–water partition coefficient (Wildman–Crippen LogP) is 3.79. The summed E-state index contributed by atoms with van der Waals surface area (Å²) < 4.78 is 35.1. The first-order valence-electron chi connectivity index (χ1n) is 9.13. The fourth-order valence-corrected chi connectivity index (χ4v) is 3.15. The Morgan fingerprint density at radius 2 is 2.07 bits per heavy atom. The van der Waals surface area contributed by atoms with Crippen molar-refractivity contribution in [3.63, 3.8) is 0 Å². The third-order valence-corrected chi connectivity index (χ3v) is 4.52. The molecule has 1 N–H and O–H groups in total. The normalized spacial score (nSPS) is 12.3. The van der Waals surface area contributed by atoms with Crippen LogP contribution in [-0.2, 0) is 7.05 Å². The van der Waals surface area contributed by atoms with Crippen LogP contribution in [0.15, 0.2) is 49.1 Å². The Bertz CT molecular complexity index is 1140. The summed E-state index contributed by atoms with van der Waals surface area (Å²) in [5.74, 6) is 0.640. The van der Waals surface area contributed by atoms with Gasteiger partial charge in [0.2, 0.25) is 0 Å². The van der Waals surface area contributed by atoms with Gasteiger partial charge < -0.3 is 10.1 Å². The topological polar surface area (TPSA) is 69.3 Å². The van der Waals surface area contributed by atoms with Gasteiger partial charge in [-0.05, 0) is 31.2 Å². The summed E-state index contributed by atoms with van der Waals surface area (Å²) in [6.07, 6.45) is 7.18. The van der Waals surface area contributed by atoms with Crippen molar-refractivity contribution in [1.29, 1.82) is 0 Å². The SMILES string of the molecule is CC(Nc1ccn2ncc(-c3cnn(C)c3)c2n1)c1cc(F)ccc1OCCF. The van der Waals surface area contributed by atoms with Crippen molar-refractivity contribution < 1.29 is 13.5 Å². The predicted molar refractivity (Wildman–Crippen MR) is 105 cm³/mol. The van der Waals surface area contributed by atoms with Crippen molar-refractivity contribution >= 4 is 11.5 Å². The van der Waals surface area contributed by atoms with Gasteiger partial charge in [0.25, 0.3) is 0 Å². The highest BCUT2D eigenvalue weighted by Gasteiger charge is 2.15. The highest BCUT2D eigenvalue weighted by atomic mass is 19.1. The Morgan fingerprint density at radius 1 is 1.21 bits per heavy atom. The Morgan fingerprint density at radius 3 is 2.83 bits per heavy atom. The van der Waals surface area contributed by atoms with Gasteiger partial charge in [-0.25, -0.2) is 18.3 Å². The molecule has 0 fully saturated rings. The number of aromatic nitrogens is 5. The highest BCUT2D eigenvalue weighted by Crippen LogP contribution is 2.29. The van der Waals surface area contributed by atoms with E-state index in [4.69, 9.17) is 4.74 Å². The molecule has 0 radical (unpaired) electrons. The Hall–Kier alpha value is -3.49. The zero-order valence-corrected chi connectivity index (χ0v) is 16.0. The molecule has 0 aliphatic rings. The Kier molecular flexibility index (Phi) is 5.11. The standard InChI is InChI=1S/C20H20F2N6O/c1-13(16-9-15(22)3-4-18(16)29-8-6-21)25-19-5-7-28-20(26-19)17(11-24-28)14-10-23-27(2)12-14/h3-5,7,9-13H,6,8H2,1-2H3,(H,25,26). The molecule has 0 spiro atoms. The van der Waals surface area contributed by atoms with Gasteiger partial charge in [-0.15, -0.1) is 0 Å². The quantitative estimate of drug-likeness (QED) is 0.513. The number of anilines is 1. The van der Waals surface area contributed by atoms with Crippen LogP contribution in [-0.4, -0.2) is 37.7 Å². The molecular formula is C20H20F2N6O. The maximum absolute atomic E-state index is 13.8. The lowest BCUT2D eigenvalue weighted by Gasteiger charge is -2.19. The molecule has 0 saturated carbocycles. The molecule has 3 heterocycles. The van der Waals surface area contributed by atoms with Gasteiger partial charge in [0.05, 0.1) is 18.4 Å². The molecule has 0 amide bonds. The van der Waals surface area contributed by atoms with E-state index < -0.39 is 6.67 Å². The molecule has 1 atom stereocenters. The van der Waals surface area contributed by atoms with Crippen molar-refractivity contribution in [3.8, 4) is 16.9 Å². The molecule has 0 aliphatic carbocycles. The van der Waals surface area contributed by atoms with E-state index in [0.29, 0.717) is 22.8 Å². The van der Waals surface area contributed by atoms with Gasteiger partial charge in [0, 0.05) is 36.1 Å². The van der Waals surface area contributed by atoms with Crippen LogP contribution in [0.25, 0.3) is 16.8 Å². The fourth-order valence-electron chi connectivity index (χ4n) is 3.15. The van der Waals surface area contributed by atoms with Crippen LogP contribution in [0, 0.1) is 5.82 Å². The monoisotopic (exact) mass is 398 g/mol. The molecule has 0 aliphatic heterocycles. The number of rotatable bonds is 7. The number of alkyl halides is 1. The second kappa shape index (κ2) is 7.86. The first-order chi connectivity index (χ1) is 14.0. The maximum atomic E-state index is 13.8. The average Bonchev–Trinajstić information content (AvgIpc) is 3.32. The van der Waals surface area contributed by atoms with Crippen LogP contribution in [0.2, 0.25) is 0 Å². The molecule has 1 unspecified atom stereocenters. The first-order valence-corrected chi connectivity index (χ1v) is 9.13. The van der Waals surface area contributed by atoms with Crippen LogP contribution < -0.4 is 10.1 Å². The smallest absolute Gasteiger partial charge is 0.165 e. The molecule has 3 aromatic heterocycles. The third kappa shape index (κ3) is 3.89. The van der Waals surface area contributed by atoms with E-state index in [0.717, 1.165) is 11.1 Å². The van der Waals surface area contributed by atoms with Crippen LogP contribution in [0.1, 0.15) is 18.5 Å². The number of ether oxygens (including phenoxy) is 1. The minimum absolute atomic E-state index is 0.0835. The first kappa shape index (κ1) is 18.9.